The van der Waals surface area contributed by atoms with E-state index < -0.39 is 12.7 Å². The van der Waals surface area contributed by atoms with Crippen molar-refractivity contribution in [2.75, 3.05) is 6.26 Å². The molecule has 0 saturated carbocycles. The molecule has 18 heavy (non-hydrogen) atoms. The molecule has 0 bridgehead atoms. The van der Waals surface area contributed by atoms with Crippen molar-refractivity contribution in [3.63, 3.8) is 0 Å². The monoisotopic (exact) mass is 289 g/mol. The highest BCUT2D eigenvalue weighted by Gasteiger charge is 2.22. The van der Waals surface area contributed by atoms with Crippen LogP contribution in [0.1, 0.15) is 24.2 Å². The maximum Gasteiger partial charge on any atom is 0.371 e. The third-order valence-electron chi connectivity index (χ3n) is 1.93. The van der Waals surface area contributed by atoms with Gasteiger partial charge in [0.2, 0.25) is 0 Å². The van der Waals surface area contributed by atoms with Gasteiger partial charge in [-0.2, -0.15) is 0 Å². The van der Waals surface area contributed by atoms with Gasteiger partial charge in [-0.3, -0.25) is 0 Å². The van der Waals surface area contributed by atoms with E-state index in [9.17, 15) is 9.36 Å². The van der Waals surface area contributed by atoms with E-state index in [2.05, 4.69) is 0 Å². The average Bonchev–Trinajstić information content (AvgIpc) is 2.28. The van der Waals surface area contributed by atoms with Gasteiger partial charge < -0.3 is 9.26 Å². The molecule has 7 heteroatoms. The Labute approximate surface area is 110 Å². The molecule has 1 aromatic rings. The van der Waals surface area contributed by atoms with Gasteiger partial charge in [0.05, 0.1) is 6.10 Å². The summed E-state index contributed by atoms with van der Waals surface area (Å²) in [5.74, 6) is -0.356. The van der Waals surface area contributed by atoms with E-state index in [1.807, 2.05) is 0 Å². The van der Waals surface area contributed by atoms with Crippen molar-refractivity contribution in [1.82, 2.24) is 0 Å². The zero-order chi connectivity index (χ0) is 13.8. The van der Waals surface area contributed by atoms with Crippen LogP contribution < -0.4 is 10.0 Å². The van der Waals surface area contributed by atoms with Crippen LogP contribution in [-0.4, -0.2) is 18.3 Å². The van der Waals surface area contributed by atoms with Gasteiger partial charge in [0.15, 0.2) is 0 Å². The summed E-state index contributed by atoms with van der Waals surface area (Å²) in [4.78, 5) is 11.8. The molecule has 0 heterocycles. The maximum atomic E-state index is 11.8. The number of carbonyl (C=O) groups is 1. The molecule has 100 valence electrons. The van der Waals surface area contributed by atoms with Crippen molar-refractivity contribution in [3.05, 3.63) is 29.8 Å². The van der Waals surface area contributed by atoms with Gasteiger partial charge in [-0.25, -0.2) is 14.9 Å². The van der Waals surface area contributed by atoms with Crippen molar-refractivity contribution >= 4 is 24.1 Å². The Morgan fingerprint density at radius 1 is 1.39 bits per heavy atom. The fourth-order valence-electron chi connectivity index (χ4n) is 1.17. The third-order valence-corrected chi connectivity index (χ3v) is 4.64. The second-order valence-electron chi connectivity index (χ2n) is 3.76. The van der Waals surface area contributed by atoms with Gasteiger partial charge >= 0.3 is 12.7 Å². The van der Waals surface area contributed by atoms with Crippen LogP contribution in [-0.2, 0) is 9.30 Å². The van der Waals surface area contributed by atoms with E-state index in [-0.39, 0.29) is 17.4 Å². The van der Waals surface area contributed by atoms with Crippen LogP contribution in [0.15, 0.2) is 24.3 Å². The lowest BCUT2D eigenvalue weighted by molar-refractivity contribution is 0.0376. The highest BCUT2D eigenvalue weighted by Crippen LogP contribution is 2.50. The zero-order valence-corrected chi connectivity index (χ0v) is 12.2. The number of esters is 1. The van der Waals surface area contributed by atoms with E-state index in [4.69, 9.17) is 14.8 Å². The van der Waals surface area contributed by atoms with Crippen LogP contribution in [0.3, 0.4) is 0 Å². The predicted octanol–water partition coefficient (Wildman–Crippen LogP) is 3.06. The highest BCUT2D eigenvalue weighted by molar-refractivity contribution is 8.55. The van der Waals surface area contributed by atoms with Crippen molar-refractivity contribution in [2.45, 2.75) is 20.0 Å². The number of hydrogen-bond donors (Lipinski definition) is 1. The molecule has 0 radical (unpaired) electrons. The third kappa shape index (κ3) is 4.37. The molecule has 2 N–H and O–H groups in total. The number of para-hydroxylation sites is 1. The molecule has 1 atom stereocenters. The fourth-order valence-corrected chi connectivity index (χ4v) is 2.14. The number of hydrogen-bond acceptors (Lipinski definition) is 5. The Kier molecular flexibility index (Phi) is 5.26. The number of nitrogens with two attached hydrogens (primary N) is 1. The highest BCUT2D eigenvalue weighted by atomic mass is 32.7. The molecular formula is C11H16NO4PS. The van der Waals surface area contributed by atoms with E-state index >= 15 is 0 Å². The molecule has 1 rings (SSSR count). The summed E-state index contributed by atoms with van der Waals surface area (Å²) in [5.41, 5.74) is 5.68. The normalized spacial score (nSPS) is 14.1. The van der Waals surface area contributed by atoms with Gasteiger partial charge in [0.25, 0.3) is 0 Å². The van der Waals surface area contributed by atoms with Gasteiger partial charge in [0.1, 0.15) is 11.3 Å². The molecular weight excluding hydrogens is 273 g/mol. The fraction of sp³-hybridized carbons (Fsp3) is 0.364. The van der Waals surface area contributed by atoms with Gasteiger partial charge in [-0.05, 0) is 43.6 Å². The number of carbonyl (C=O) groups excluding carboxylic acids is 1. The van der Waals surface area contributed by atoms with Crippen molar-refractivity contribution < 1.29 is 18.6 Å². The lowest BCUT2D eigenvalue weighted by atomic mass is 10.2. The van der Waals surface area contributed by atoms with Crippen LogP contribution in [0.5, 0.6) is 5.75 Å². The molecule has 0 aliphatic carbocycles. The lowest BCUT2D eigenvalue weighted by Crippen LogP contribution is -2.13. The topological polar surface area (TPSA) is 78.6 Å². The number of benzene rings is 1. The minimum Gasteiger partial charge on any atom is -0.459 e. The van der Waals surface area contributed by atoms with Crippen LogP contribution in [0.2, 0.25) is 0 Å². The lowest BCUT2D eigenvalue weighted by Gasteiger charge is -2.15. The number of rotatable bonds is 5. The van der Waals surface area contributed by atoms with E-state index in [0.29, 0.717) is 0 Å². The summed E-state index contributed by atoms with van der Waals surface area (Å²) in [7, 11) is 0. The molecule has 0 amide bonds. The minimum atomic E-state index is -3.29. The predicted molar refractivity (Wildman–Crippen MR) is 72.9 cm³/mol. The summed E-state index contributed by atoms with van der Waals surface area (Å²) in [5, 5.41) is 0. The molecule has 0 saturated heterocycles. The molecule has 0 fully saturated rings. The standard InChI is InChI=1S/C11H16NO4PS/c1-8(2)15-11(13)9-6-4-5-7-10(9)16-17(12,14)18-3/h4-8H,1-3H3,(H2,12,14). The van der Waals surface area contributed by atoms with Crippen molar-refractivity contribution in [3.8, 4) is 5.75 Å². The van der Waals surface area contributed by atoms with Gasteiger partial charge in [-0.1, -0.05) is 12.1 Å². The minimum absolute atomic E-state index is 0.170. The van der Waals surface area contributed by atoms with Crippen molar-refractivity contribution in [2.24, 2.45) is 5.50 Å². The van der Waals surface area contributed by atoms with E-state index in [0.717, 1.165) is 11.4 Å². The van der Waals surface area contributed by atoms with Crippen LogP contribution in [0, 0.1) is 0 Å². The Morgan fingerprint density at radius 2 is 2.00 bits per heavy atom. The molecule has 0 aliphatic rings. The average molecular weight is 289 g/mol. The first-order chi connectivity index (χ1) is 8.35. The first-order valence-corrected chi connectivity index (χ1v) is 8.82. The van der Waals surface area contributed by atoms with Crippen molar-refractivity contribution in [1.29, 1.82) is 0 Å². The first-order valence-electron chi connectivity index (χ1n) is 5.29. The molecule has 0 aliphatic heterocycles. The Bertz CT molecular complexity index is 478. The summed E-state index contributed by atoms with van der Waals surface area (Å²) in [6.45, 7) is 0.207. The summed E-state index contributed by atoms with van der Waals surface area (Å²) in [6.07, 6.45) is 1.34. The SMILES string of the molecule is CSP(N)(=O)Oc1ccccc1C(=O)OC(C)C. The summed E-state index contributed by atoms with van der Waals surface area (Å²) >= 11 is 0.915. The van der Waals surface area contributed by atoms with Crippen LogP contribution in [0.25, 0.3) is 0 Å². The van der Waals surface area contributed by atoms with Gasteiger partial charge in [0, 0.05) is 0 Å². The smallest absolute Gasteiger partial charge is 0.371 e. The second-order valence-corrected chi connectivity index (χ2v) is 8.01. The summed E-state index contributed by atoms with van der Waals surface area (Å²) < 4.78 is 22.0. The maximum absolute atomic E-state index is 11.8. The first kappa shape index (κ1) is 15.1. The molecule has 1 aromatic carbocycles. The molecule has 5 nitrogen and oxygen atoms in total. The van der Waals surface area contributed by atoms with Gasteiger partial charge in [-0.15, -0.1) is 0 Å². The van der Waals surface area contributed by atoms with Crippen LogP contribution in [0.4, 0.5) is 0 Å². The molecule has 1 unspecified atom stereocenters. The zero-order valence-electron chi connectivity index (χ0n) is 10.5. The summed E-state index contributed by atoms with van der Waals surface area (Å²) in [6, 6.07) is 6.42. The molecule has 0 aromatic heterocycles. The van der Waals surface area contributed by atoms with Crippen LogP contribution >= 0.6 is 18.1 Å². The second kappa shape index (κ2) is 6.27. The Balaban J connectivity index is 3.00. The molecule has 0 spiro atoms. The van der Waals surface area contributed by atoms with E-state index in [1.165, 1.54) is 6.07 Å². The largest absolute Gasteiger partial charge is 0.459 e. The Hall–Kier alpha value is -0.970. The number of ether oxygens (including phenoxy) is 1. The van der Waals surface area contributed by atoms with E-state index in [1.54, 1.807) is 38.3 Å². The Morgan fingerprint density at radius 3 is 2.56 bits per heavy atom. The quantitative estimate of drug-likeness (QED) is 0.663.